The Labute approximate surface area is 182 Å². The van der Waals surface area contributed by atoms with E-state index in [-0.39, 0.29) is 24.0 Å². The van der Waals surface area contributed by atoms with E-state index in [9.17, 15) is 9.59 Å². The molecule has 3 rings (SSSR count). The minimum atomic E-state index is -0.910. The van der Waals surface area contributed by atoms with Crippen molar-refractivity contribution in [3.63, 3.8) is 0 Å². The highest BCUT2D eigenvalue weighted by Gasteiger charge is 2.17. The number of amides is 1. The molecule has 0 aliphatic carbocycles. The van der Waals surface area contributed by atoms with Crippen LogP contribution in [0.25, 0.3) is 0 Å². The third-order valence-corrected chi connectivity index (χ3v) is 4.65. The second-order valence-corrected chi connectivity index (χ2v) is 7.23. The molecule has 156 valence electrons. The summed E-state index contributed by atoms with van der Waals surface area (Å²) in [5.41, 5.74) is 2.24. The van der Waals surface area contributed by atoms with Gasteiger partial charge in [-0.3, -0.25) is 9.48 Å². The van der Waals surface area contributed by atoms with Crippen LogP contribution in [0.3, 0.4) is 0 Å². The monoisotopic (exact) mass is 472 g/mol. The summed E-state index contributed by atoms with van der Waals surface area (Å²) in [5, 5.41) is 9.99. The largest absolute Gasteiger partial charge is 0.515 e. The quantitative estimate of drug-likeness (QED) is 0.479. The first-order valence-corrected chi connectivity index (χ1v) is 9.99. The topological polar surface area (TPSA) is 94.5 Å². The summed E-state index contributed by atoms with van der Waals surface area (Å²) in [7, 11) is 1.20. The van der Waals surface area contributed by atoms with Gasteiger partial charge in [0.25, 0.3) is 5.88 Å². The molecule has 0 unspecified atom stereocenters. The fraction of sp³-hybridized carbons (Fsp3) is 0.190. The lowest BCUT2D eigenvalue weighted by atomic mass is 10.1. The van der Waals surface area contributed by atoms with E-state index in [4.69, 9.17) is 4.74 Å². The average Bonchev–Trinajstić information content (AvgIpc) is 3.13. The summed E-state index contributed by atoms with van der Waals surface area (Å²) in [6, 6.07) is 17.4. The van der Waals surface area contributed by atoms with Gasteiger partial charge in [-0.05, 0) is 36.2 Å². The van der Waals surface area contributed by atoms with E-state index < -0.39 is 6.16 Å². The molecule has 0 radical (unpaired) electrons. The number of nitrogens with one attached hydrogen (secondary N) is 2. The zero-order chi connectivity index (χ0) is 21.3. The van der Waals surface area contributed by atoms with Gasteiger partial charge >= 0.3 is 6.16 Å². The number of halogens is 1. The van der Waals surface area contributed by atoms with Gasteiger partial charge in [-0.15, -0.1) is 5.10 Å². The molecule has 0 spiro atoms. The van der Waals surface area contributed by atoms with Crippen LogP contribution in [0.1, 0.15) is 5.56 Å². The lowest BCUT2D eigenvalue weighted by Crippen LogP contribution is -2.22. The van der Waals surface area contributed by atoms with Crippen molar-refractivity contribution in [2.24, 2.45) is 0 Å². The van der Waals surface area contributed by atoms with Gasteiger partial charge < -0.3 is 20.1 Å². The van der Waals surface area contributed by atoms with Gasteiger partial charge in [0.05, 0.1) is 19.9 Å². The number of benzene rings is 2. The molecule has 9 heteroatoms. The van der Waals surface area contributed by atoms with E-state index in [1.165, 1.54) is 7.11 Å². The van der Waals surface area contributed by atoms with Gasteiger partial charge in [0, 0.05) is 16.7 Å². The smallest absolute Gasteiger partial charge is 0.437 e. The van der Waals surface area contributed by atoms with Crippen LogP contribution >= 0.6 is 15.9 Å². The van der Waals surface area contributed by atoms with Crippen molar-refractivity contribution in [3.05, 3.63) is 70.8 Å². The number of aromatic nitrogens is 2. The molecule has 0 aliphatic rings. The van der Waals surface area contributed by atoms with Crippen LogP contribution in [-0.2, 0) is 22.5 Å². The lowest BCUT2D eigenvalue weighted by molar-refractivity contribution is -0.114. The van der Waals surface area contributed by atoms with E-state index >= 15 is 0 Å². The fourth-order valence-electron chi connectivity index (χ4n) is 2.63. The molecule has 2 N–H and O–H groups in total. The molecule has 0 saturated heterocycles. The number of methoxy groups -OCH3 is 1. The Morgan fingerprint density at radius 2 is 1.83 bits per heavy atom. The third kappa shape index (κ3) is 6.35. The lowest BCUT2D eigenvalue weighted by Gasteiger charge is -2.07. The van der Waals surface area contributed by atoms with Gasteiger partial charge in [0.15, 0.2) is 0 Å². The van der Waals surface area contributed by atoms with Crippen LogP contribution in [0.15, 0.2) is 65.3 Å². The van der Waals surface area contributed by atoms with Gasteiger partial charge in [-0.1, -0.05) is 46.3 Å². The van der Waals surface area contributed by atoms with E-state index in [0.717, 1.165) is 22.1 Å². The number of aryl methyl sites for hydroxylation is 2. The predicted molar refractivity (Wildman–Crippen MR) is 117 cm³/mol. The minimum absolute atomic E-state index is 0.0214. The number of carbonyl (C=O) groups excluding carboxylic acids is 2. The van der Waals surface area contributed by atoms with Crippen molar-refractivity contribution in [3.8, 4) is 5.88 Å². The van der Waals surface area contributed by atoms with Crippen LogP contribution in [0.5, 0.6) is 5.88 Å². The maximum atomic E-state index is 12.4. The van der Waals surface area contributed by atoms with E-state index in [0.29, 0.717) is 6.54 Å². The number of nitrogens with zero attached hydrogens (tertiary/aromatic N) is 2. The Balaban J connectivity index is 1.64. The second-order valence-electron chi connectivity index (χ2n) is 6.31. The van der Waals surface area contributed by atoms with Crippen molar-refractivity contribution in [1.29, 1.82) is 0 Å². The van der Waals surface area contributed by atoms with E-state index in [2.05, 4.69) is 36.4 Å². The van der Waals surface area contributed by atoms with Crippen LogP contribution in [0.4, 0.5) is 16.2 Å². The van der Waals surface area contributed by atoms with Crippen LogP contribution in [-0.4, -0.2) is 35.5 Å². The number of hydrogen-bond donors (Lipinski definition) is 2. The number of rotatable bonds is 8. The first kappa shape index (κ1) is 21.4. The molecule has 0 fully saturated rings. The normalized spacial score (nSPS) is 10.3. The number of hydrogen-bond acceptors (Lipinski definition) is 6. The van der Waals surface area contributed by atoms with Crippen molar-refractivity contribution in [1.82, 2.24) is 9.78 Å². The Bertz CT molecular complexity index is 990. The Morgan fingerprint density at radius 3 is 2.53 bits per heavy atom. The van der Waals surface area contributed by atoms with Crippen molar-refractivity contribution < 1.29 is 19.1 Å². The average molecular weight is 473 g/mol. The maximum Gasteiger partial charge on any atom is 0.515 e. The van der Waals surface area contributed by atoms with E-state index in [1.807, 2.05) is 54.6 Å². The molecule has 1 aromatic heterocycles. The minimum Gasteiger partial charge on any atom is -0.437 e. The zero-order valence-electron chi connectivity index (χ0n) is 16.3. The summed E-state index contributed by atoms with van der Waals surface area (Å²) in [4.78, 5) is 23.9. The molecule has 8 nitrogen and oxygen atoms in total. The van der Waals surface area contributed by atoms with Gasteiger partial charge in [0.1, 0.15) is 5.69 Å². The molecule has 0 atom stereocenters. The molecule has 2 aromatic carbocycles. The SMILES string of the molecule is COC(=O)Oc1nn(CCc2ccccc2)cc1NC(=O)CNc1ccc(Br)cc1. The first-order valence-electron chi connectivity index (χ1n) is 9.20. The maximum absolute atomic E-state index is 12.4. The summed E-state index contributed by atoms with van der Waals surface area (Å²) in [6.07, 6.45) is 1.45. The third-order valence-electron chi connectivity index (χ3n) is 4.12. The van der Waals surface area contributed by atoms with Gasteiger partial charge in [0.2, 0.25) is 5.91 Å². The zero-order valence-corrected chi connectivity index (χ0v) is 17.9. The van der Waals surface area contributed by atoms with Crippen LogP contribution in [0, 0.1) is 0 Å². The predicted octanol–water partition coefficient (Wildman–Crippen LogP) is 4.08. The van der Waals surface area contributed by atoms with Crippen LogP contribution in [0.2, 0.25) is 0 Å². The molecule has 0 bridgehead atoms. The van der Waals surface area contributed by atoms with E-state index in [1.54, 1.807) is 10.9 Å². The summed E-state index contributed by atoms with van der Waals surface area (Å²) in [5.74, 6) is -0.331. The fourth-order valence-corrected chi connectivity index (χ4v) is 2.90. The first-order chi connectivity index (χ1) is 14.5. The molecule has 3 aromatic rings. The van der Waals surface area contributed by atoms with Crippen molar-refractivity contribution in [2.75, 3.05) is 24.3 Å². The summed E-state index contributed by atoms with van der Waals surface area (Å²) < 4.78 is 12.2. The molecular formula is C21H21BrN4O4. The van der Waals surface area contributed by atoms with Gasteiger partial charge in [-0.2, -0.15) is 0 Å². The van der Waals surface area contributed by atoms with Crippen molar-refractivity contribution >= 4 is 39.4 Å². The number of carbonyl (C=O) groups is 2. The van der Waals surface area contributed by atoms with Crippen molar-refractivity contribution in [2.45, 2.75) is 13.0 Å². The van der Waals surface area contributed by atoms with Crippen LogP contribution < -0.4 is 15.4 Å². The molecule has 1 amide bonds. The summed E-state index contributed by atoms with van der Waals surface area (Å²) in [6.45, 7) is 0.586. The molecular weight excluding hydrogens is 452 g/mol. The Morgan fingerprint density at radius 1 is 1.10 bits per heavy atom. The second kappa shape index (κ2) is 10.4. The number of ether oxygens (including phenoxy) is 2. The molecule has 1 heterocycles. The summed E-state index contributed by atoms with van der Waals surface area (Å²) >= 11 is 3.37. The highest BCUT2D eigenvalue weighted by molar-refractivity contribution is 9.10. The Kier molecular flexibility index (Phi) is 7.45. The number of anilines is 2. The Hall–Kier alpha value is -3.33. The highest BCUT2D eigenvalue weighted by atomic mass is 79.9. The standard InChI is InChI=1S/C21H21BrN4O4/c1-29-21(28)30-20-18(14-26(25-20)12-11-15-5-3-2-4-6-15)24-19(27)13-23-17-9-7-16(22)8-10-17/h2-10,14,23H,11-13H2,1H3,(H,24,27). The molecule has 0 aliphatic heterocycles. The molecule has 0 saturated carbocycles. The van der Waals surface area contributed by atoms with Gasteiger partial charge in [-0.25, -0.2) is 4.79 Å². The molecule has 30 heavy (non-hydrogen) atoms. The highest BCUT2D eigenvalue weighted by Crippen LogP contribution is 2.23.